The lowest BCUT2D eigenvalue weighted by atomic mass is 10.4. The van der Waals surface area contributed by atoms with Crippen LogP contribution in [0.25, 0.3) is 0 Å². The Kier molecular flexibility index (Phi) is 6.53. The van der Waals surface area contributed by atoms with Gasteiger partial charge in [-0.1, -0.05) is 73.4 Å². The largest absolute Gasteiger partial charge is 0.456 e. The van der Waals surface area contributed by atoms with Crippen molar-refractivity contribution < 1.29 is 4.12 Å². The molecule has 0 atom stereocenters. The highest BCUT2D eigenvalue weighted by molar-refractivity contribution is 6.92. The van der Waals surface area contributed by atoms with E-state index >= 15 is 0 Å². The number of hydrogen-bond acceptors (Lipinski definition) is 1. The summed E-state index contributed by atoms with van der Waals surface area (Å²) in [5.74, 6) is 0. The van der Waals surface area contributed by atoms with Crippen molar-refractivity contribution in [1.82, 2.24) is 0 Å². The SMILES string of the molecule is C[Si](C)(C)O[Si](C)(C)CC[Si](C)(C)c1ccc([Si](C)(C)C)cc1. The lowest BCUT2D eigenvalue weighted by Crippen LogP contribution is -2.47. The topological polar surface area (TPSA) is 9.23 Å². The Morgan fingerprint density at radius 2 is 1.09 bits per heavy atom. The maximum atomic E-state index is 6.53. The van der Waals surface area contributed by atoms with Crippen LogP contribution in [-0.4, -0.2) is 32.8 Å². The Bertz CT molecular complexity index is 507. The van der Waals surface area contributed by atoms with Gasteiger partial charge in [0.05, 0.1) is 16.1 Å². The fourth-order valence-corrected chi connectivity index (χ4v) is 17.5. The molecule has 5 heteroatoms. The molecule has 0 unspecified atom stereocenters. The molecule has 0 spiro atoms. The van der Waals surface area contributed by atoms with Crippen molar-refractivity contribution in [1.29, 1.82) is 0 Å². The van der Waals surface area contributed by atoms with E-state index in [1.165, 1.54) is 12.1 Å². The van der Waals surface area contributed by atoms with E-state index in [4.69, 9.17) is 4.12 Å². The lowest BCUT2D eigenvalue weighted by Gasteiger charge is -2.34. The van der Waals surface area contributed by atoms with Crippen molar-refractivity contribution in [3.63, 3.8) is 0 Å². The Balaban J connectivity index is 2.79. The van der Waals surface area contributed by atoms with E-state index in [9.17, 15) is 0 Å². The minimum Gasteiger partial charge on any atom is -0.456 e. The molecule has 0 aliphatic carbocycles. The van der Waals surface area contributed by atoms with Gasteiger partial charge in [0, 0.05) is 0 Å². The van der Waals surface area contributed by atoms with Crippen LogP contribution in [0.4, 0.5) is 0 Å². The predicted molar refractivity (Wildman–Crippen MR) is 118 cm³/mol. The van der Waals surface area contributed by atoms with E-state index in [0.29, 0.717) is 0 Å². The third-order valence-corrected chi connectivity index (χ3v) is 16.5. The molecule has 1 rings (SSSR count). The number of benzene rings is 1. The first-order chi connectivity index (χ1) is 10.1. The molecule has 0 amide bonds. The van der Waals surface area contributed by atoms with Crippen LogP contribution in [0.15, 0.2) is 24.3 Å². The molecule has 0 aliphatic rings. The average Bonchev–Trinajstić information content (AvgIpc) is 2.33. The van der Waals surface area contributed by atoms with E-state index in [-0.39, 0.29) is 0 Å². The van der Waals surface area contributed by atoms with Crippen molar-refractivity contribution >= 4 is 43.2 Å². The number of rotatable bonds is 7. The summed E-state index contributed by atoms with van der Waals surface area (Å²) < 4.78 is 6.53. The van der Waals surface area contributed by atoms with Gasteiger partial charge in [-0.2, -0.15) is 0 Å². The van der Waals surface area contributed by atoms with Crippen molar-refractivity contribution in [2.75, 3.05) is 0 Å². The molecule has 0 saturated carbocycles. The maximum absolute atomic E-state index is 6.53. The van der Waals surface area contributed by atoms with E-state index in [1.54, 1.807) is 10.4 Å². The predicted octanol–water partition coefficient (Wildman–Crippen LogP) is 5.20. The van der Waals surface area contributed by atoms with E-state index < -0.39 is 32.8 Å². The number of hydrogen-bond donors (Lipinski definition) is 0. The minimum absolute atomic E-state index is 1.18. The molecule has 0 N–H and O–H groups in total. The second-order valence-corrected chi connectivity index (χ2v) is 29.2. The minimum atomic E-state index is -1.52. The van der Waals surface area contributed by atoms with Crippen LogP contribution in [0.2, 0.25) is 77.6 Å². The first kappa shape index (κ1) is 21.1. The zero-order chi connectivity index (χ0) is 18.1. The van der Waals surface area contributed by atoms with Gasteiger partial charge in [0.1, 0.15) is 0 Å². The van der Waals surface area contributed by atoms with E-state index in [0.717, 1.165) is 0 Å². The molecule has 0 bridgehead atoms. The summed E-state index contributed by atoms with van der Waals surface area (Å²) in [7, 11) is -5.48. The molecule has 0 heterocycles. The van der Waals surface area contributed by atoms with Crippen LogP contribution in [0.5, 0.6) is 0 Å². The van der Waals surface area contributed by atoms with Crippen molar-refractivity contribution in [3.05, 3.63) is 24.3 Å². The van der Waals surface area contributed by atoms with E-state index in [1.807, 2.05) is 0 Å². The monoisotopic (exact) mass is 382 g/mol. The quantitative estimate of drug-likeness (QED) is 0.589. The van der Waals surface area contributed by atoms with Crippen LogP contribution < -0.4 is 10.4 Å². The summed E-state index contributed by atoms with van der Waals surface area (Å²) >= 11 is 0. The van der Waals surface area contributed by atoms with Crippen LogP contribution >= 0.6 is 0 Å². The summed E-state index contributed by atoms with van der Waals surface area (Å²) in [6.45, 7) is 24.1. The van der Waals surface area contributed by atoms with Gasteiger partial charge in [0.2, 0.25) is 0 Å². The maximum Gasteiger partial charge on any atom is 0.173 e. The summed E-state index contributed by atoms with van der Waals surface area (Å²) in [5, 5.41) is 3.18. The second-order valence-electron chi connectivity index (χ2n) is 10.2. The molecular formula is C18H38OSi4. The molecule has 1 aromatic rings. The summed E-state index contributed by atoms with van der Waals surface area (Å²) in [5.41, 5.74) is 0. The Morgan fingerprint density at radius 3 is 1.48 bits per heavy atom. The Morgan fingerprint density at radius 1 is 0.652 bits per heavy atom. The van der Waals surface area contributed by atoms with Gasteiger partial charge < -0.3 is 4.12 Å². The second kappa shape index (κ2) is 7.12. The highest BCUT2D eigenvalue weighted by atomic mass is 28.4. The molecule has 0 radical (unpaired) electrons. The van der Waals surface area contributed by atoms with E-state index in [2.05, 4.69) is 89.7 Å². The van der Waals surface area contributed by atoms with Gasteiger partial charge in [-0.15, -0.1) is 0 Å². The fraction of sp³-hybridized carbons (Fsp3) is 0.667. The molecular weight excluding hydrogens is 345 g/mol. The molecule has 0 saturated heterocycles. The molecule has 1 aromatic carbocycles. The highest BCUT2D eigenvalue weighted by Gasteiger charge is 2.33. The average molecular weight is 383 g/mol. The molecule has 0 aromatic heterocycles. The highest BCUT2D eigenvalue weighted by Crippen LogP contribution is 2.24. The van der Waals surface area contributed by atoms with Crippen molar-refractivity contribution in [3.8, 4) is 0 Å². The van der Waals surface area contributed by atoms with Crippen LogP contribution in [0.3, 0.4) is 0 Å². The molecule has 0 fully saturated rings. The normalized spacial score (nSPS) is 14.2. The first-order valence-electron chi connectivity index (χ1n) is 8.94. The molecule has 1 nitrogen and oxygen atoms in total. The van der Waals surface area contributed by atoms with Gasteiger partial charge in [0.15, 0.2) is 16.6 Å². The molecule has 23 heavy (non-hydrogen) atoms. The van der Waals surface area contributed by atoms with Gasteiger partial charge in [-0.3, -0.25) is 0 Å². The van der Waals surface area contributed by atoms with Crippen LogP contribution in [-0.2, 0) is 4.12 Å². The lowest BCUT2D eigenvalue weighted by molar-refractivity contribution is 0.550. The van der Waals surface area contributed by atoms with Gasteiger partial charge >= 0.3 is 0 Å². The first-order valence-corrected chi connectivity index (χ1v) is 22.2. The zero-order valence-electron chi connectivity index (χ0n) is 17.1. The van der Waals surface area contributed by atoms with Gasteiger partial charge in [0.25, 0.3) is 0 Å². The summed E-state index contributed by atoms with van der Waals surface area (Å²) in [4.78, 5) is 0. The Hall–Kier alpha value is 0.0475. The smallest absolute Gasteiger partial charge is 0.173 e. The summed E-state index contributed by atoms with van der Waals surface area (Å²) in [6.07, 6.45) is 0. The summed E-state index contributed by atoms with van der Waals surface area (Å²) in [6, 6.07) is 12.3. The fourth-order valence-electron chi connectivity index (χ4n) is 3.06. The van der Waals surface area contributed by atoms with Crippen molar-refractivity contribution in [2.45, 2.75) is 77.6 Å². The van der Waals surface area contributed by atoms with Crippen LogP contribution in [0.1, 0.15) is 0 Å². The van der Waals surface area contributed by atoms with Gasteiger partial charge in [-0.25, -0.2) is 0 Å². The third-order valence-electron chi connectivity index (χ3n) is 4.47. The Labute approximate surface area is 149 Å². The van der Waals surface area contributed by atoms with Gasteiger partial charge in [-0.05, 0) is 38.8 Å². The standard InChI is InChI=1S/C18H38OSi4/c1-20(2,3)17-11-13-18(14-12-17)22(7,8)15-16-23(9,10)19-21(4,5)6/h11-14H,15-16H2,1-10H3. The molecule has 0 aliphatic heterocycles. The molecule has 132 valence electrons. The van der Waals surface area contributed by atoms with Crippen molar-refractivity contribution in [2.24, 2.45) is 0 Å². The zero-order valence-corrected chi connectivity index (χ0v) is 21.1. The third kappa shape index (κ3) is 7.21. The van der Waals surface area contributed by atoms with Crippen LogP contribution in [0, 0.1) is 0 Å².